The number of carboxylic acids is 1. The predicted molar refractivity (Wildman–Crippen MR) is 122 cm³/mol. The number of alkyl carbamates (subject to hydrolysis) is 1. The van der Waals surface area contributed by atoms with Crippen molar-refractivity contribution in [1.29, 1.82) is 0 Å². The van der Waals surface area contributed by atoms with E-state index < -0.39 is 42.5 Å². The number of aliphatic carboxylic acids is 1. The van der Waals surface area contributed by atoms with Crippen molar-refractivity contribution in [3.05, 3.63) is 59.7 Å². The summed E-state index contributed by atoms with van der Waals surface area (Å²) in [4.78, 5) is 47.4. The van der Waals surface area contributed by atoms with Gasteiger partial charge >= 0.3 is 12.1 Å². The van der Waals surface area contributed by atoms with Gasteiger partial charge in [0.25, 0.3) is 0 Å². The standard InChI is InChI=1S/C24H27N3O7/c1-24(14-33-2,22(30)31)27-21(29)12-25-20(28)11-26-23(32)34-13-19-17-9-5-3-7-15(17)16-8-4-6-10-18(16)19/h3-10,19H,11-14H2,1-2H3,(H,25,28)(H,26,32)(H,27,29)(H,30,31). The average Bonchev–Trinajstić information content (AvgIpc) is 3.14. The number of nitrogens with one attached hydrogen (secondary N) is 3. The van der Waals surface area contributed by atoms with E-state index in [1.165, 1.54) is 14.0 Å². The van der Waals surface area contributed by atoms with Crippen molar-refractivity contribution in [2.24, 2.45) is 0 Å². The highest BCUT2D eigenvalue weighted by Gasteiger charge is 2.35. The molecule has 1 atom stereocenters. The van der Waals surface area contributed by atoms with Gasteiger partial charge in [-0.15, -0.1) is 0 Å². The zero-order valence-electron chi connectivity index (χ0n) is 18.9. The van der Waals surface area contributed by atoms with Crippen LogP contribution >= 0.6 is 0 Å². The Bertz CT molecular complexity index is 1040. The third kappa shape index (κ3) is 5.70. The first-order valence-corrected chi connectivity index (χ1v) is 10.6. The summed E-state index contributed by atoms with van der Waals surface area (Å²) in [6.07, 6.45) is -0.764. The van der Waals surface area contributed by atoms with Crippen LogP contribution < -0.4 is 16.0 Å². The Labute approximate surface area is 196 Å². The van der Waals surface area contributed by atoms with E-state index in [-0.39, 0.29) is 19.1 Å². The van der Waals surface area contributed by atoms with Crippen LogP contribution in [-0.4, -0.2) is 67.9 Å². The predicted octanol–water partition coefficient (Wildman–Crippen LogP) is 1.25. The molecule has 0 fully saturated rings. The van der Waals surface area contributed by atoms with Crippen LogP contribution in [0.5, 0.6) is 0 Å². The lowest BCUT2D eigenvalue weighted by atomic mass is 9.98. The number of benzene rings is 2. The highest BCUT2D eigenvalue weighted by molar-refractivity contribution is 5.90. The van der Waals surface area contributed by atoms with E-state index in [2.05, 4.69) is 16.0 Å². The molecule has 10 nitrogen and oxygen atoms in total. The van der Waals surface area contributed by atoms with Crippen LogP contribution in [-0.2, 0) is 23.9 Å². The second-order valence-electron chi connectivity index (χ2n) is 8.07. The molecule has 34 heavy (non-hydrogen) atoms. The molecule has 10 heteroatoms. The Balaban J connectivity index is 1.44. The summed E-state index contributed by atoms with van der Waals surface area (Å²) >= 11 is 0. The smallest absolute Gasteiger partial charge is 0.407 e. The van der Waals surface area contributed by atoms with Gasteiger partial charge in [-0.05, 0) is 29.2 Å². The van der Waals surface area contributed by atoms with Gasteiger partial charge in [0, 0.05) is 13.0 Å². The topological polar surface area (TPSA) is 143 Å². The fourth-order valence-corrected chi connectivity index (χ4v) is 3.84. The van der Waals surface area contributed by atoms with Crippen molar-refractivity contribution < 1.29 is 33.8 Å². The fraction of sp³-hybridized carbons (Fsp3) is 0.333. The first-order chi connectivity index (χ1) is 16.2. The molecule has 0 saturated carbocycles. The maximum Gasteiger partial charge on any atom is 0.407 e. The Morgan fingerprint density at radius 3 is 2.03 bits per heavy atom. The molecule has 0 heterocycles. The van der Waals surface area contributed by atoms with Crippen molar-refractivity contribution in [1.82, 2.24) is 16.0 Å². The Morgan fingerprint density at radius 2 is 1.47 bits per heavy atom. The van der Waals surface area contributed by atoms with E-state index in [1.807, 2.05) is 48.5 Å². The molecule has 3 rings (SSSR count). The molecule has 1 aliphatic carbocycles. The number of carbonyl (C=O) groups excluding carboxylic acids is 3. The van der Waals surface area contributed by atoms with Crippen molar-refractivity contribution in [2.45, 2.75) is 18.4 Å². The van der Waals surface area contributed by atoms with Crippen LogP contribution in [0, 0.1) is 0 Å². The number of amides is 3. The molecular formula is C24H27N3O7. The molecule has 2 aromatic carbocycles. The Morgan fingerprint density at radius 1 is 0.912 bits per heavy atom. The van der Waals surface area contributed by atoms with Crippen LogP contribution in [0.2, 0.25) is 0 Å². The van der Waals surface area contributed by atoms with Crippen molar-refractivity contribution in [2.75, 3.05) is 33.4 Å². The lowest BCUT2D eigenvalue weighted by molar-refractivity contribution is -0.149. The minimum absolute atomic E-state index is 0.105. The molecule has 2 aromatic rings. The van der Waals surface area contributed by atoms with Crippen LogP contribution in [0.4, 0.5) is 4.79 Å². The van der Waals surface area contributed by atoms with Crippen molar-refractivity contribution in [3.63, 3.8) is 0 Å². The Hall–Kier alpha value is -3.92. The van der Waals surface area contributed by atoms with Crippen molar-refractivity contribution in [3.8, 4) is 11.1 Å². The van der Waals surface area contributed by atoms with Gasteiger partial charge < -0.3 is 30.5 Å². The second-order valence-corrected chi connectivity index (χ2v) is 8.07. The number of carbonyl (C=O) groups is 4. The van der Waals surface area contributed by atoms with Gasteiger partial charge in [-0.3, -0.25) is 9.59 Å². The number of hydrogen-bond donors (Lipinski definition) is 4. The minimum Gasteiger partial charge on any atom is -0.479 e. The first kappa shape index (κ1) is 24.7. The summed E-state index contributed by atoms with van der Waals surface area (Å²) in [5.74, 6) is -2.72. The number of rotatable bonds is 10. The SMILES string of the molecule is COCC(C)(NC(=O)CNC(=O)CNC(=O)OCC1c2ccccc2-c2ccccc21)C(=O)O. The number of ether oxygens (including phenoxy) is 2. The van der Waals surface area contributed by atoms with Gasteiger partial charge in [0.15, 0.2) is 5.54 Å². The third-order valence-electron chi connectivity index (χ3n) is 5.50. The van der Waals surface area contributed by atoms with Gasteiger partial charge in [-0.1, -0.05) is 48.5 Å². The van der Waals surface area contributed by atoms with E-state index in [4.69, 9.17) is 9.47 Å². The average molecular weight is 469 g/mol. The van der Waals surface area contributed by atoms with Crippen LogP contribution in [0.15, 0.2) is 48.5 Å². The highest BCUT2D eigenvalue weighted by atomic mass is 16.5. The number of carboxylic acid groups (broad SMARTS) is 1. The summed E-state index contributed by atoms with van der Waals surface area (Å²) in [6.45, 7) is 0.287. The lowest BCUT2D eigenvalue weighted by Crippen LogP contribution is -2.57. The van der Waals surface area contributed by atoms with Crippen LogP contribution in [0.25, 0.3) is 11.1 Å². The molecule has 0 aliphatic heterocycles. The van der Waals surface area contributed by atoms with Gasteiger partial charge in [-0.2, -0.15) is 0 Å². The quantitative estimate of drug-likeness (QED) is 0.410. The van der Waals surface area contributed by atoms with E-state index in [0.717, 1.165) is 22.3 Å². The van der Waals surface area contributed by atoms with Gasteiger partial charge in [-0.25, -0.2) is 9.59 Å². The van der Waals surface area contributed by atoms with Crippen LogP contribution in [0.3, 0.4) is 0 Å². The highest BCUT2D eigenvalue weighted by Crippen LogP contribution is 2.44. The Kier molecular flexibility index (Phi) is 7.85. The number of hydrogen-bond acceptors (Lipinski definition) is 6. The van der Waals surface area contributed by atoms with Crippen LogP contribution in [0.1, 0.15) is 24.0 Å². The number of methoxy groups -OCH3 is 1. The van der Waals surface area contributed by atoms with E-state index in [9.17, 15) is 24.3 Å². The zero-order valence-corrected chi connectivity index (χ0v) is 18.9. The molecule has 0 radical (unpaired) electrons. The minimum atomic E-state index is -1.63. The molecule has 1 aliphatic rings. The molecule has 0 saturated heterocycles. The van der Waals surface area contributed by atoms with Gasteiger partial charge in [0.1, 0.15) is 13.2 Å². The fourth-order valence-electron chi connectivity index (χ4n) is 3.84. The summed E-state index contributed by atoms with van der Waals surface area (Å²) in [7, 11) is 1.31. The molecule has 1 unspecified atom stereocenters. The molecule has 180 valence electrons. The normalized spacial score (nSPS) is 13.7. The summed E-state index contributed by atoms with van der Waals surface area (Å²) in [6, 6.07) is 15.9. The molecule has 0 bridgehead atoms. The van der Waals surface area contributed by atoms with Gasteiger partial charge in [0.05, 0.1) is 13.2 Å². The molecule has 0 aromatic heterocycles. The first-order valence-electron chi connectivity index (χ1n) is 10.6. The summed E-state index contributed by atoms with van der Waals surface area (Å²) in [5.41, 5.74) is 2.73. The maximum atomic E-state index is 12.1. The molecule has 0 spiro atoms. The molecule has 3 amide bonds. The van der Waals surface area contributed by atoms with Crippen molar-refractivity contribution >= 4 is 23.9 Å². The zero-order chi connectivity index (χ0) is 24.7. The second kappa shape index (κ2) is 10.8. The largest absolute Gasteiger partial charge is 0.479 e. The van der Waals surface area contributed by atoms with E-state index in [1.54, 1.807) is 0 Å². The summed E-state index contributed by atoms with van der Waals surface area (Å²) in [5, 5.41) is 16.2. The molecule has 4 N–H and O–H groups in total. The summed E-state index contributed by atoms with van der Waals surface area (Å²) < 4.78 is 10.2. The maximum absolute atomic E-state index is 12.1. The third-order valence-corrected chi connectivity index (χ3v) is 5.50. The van der Waals surface area contributed by atoms with E-state index in [0.29, 0.717) is 0 Å². The lowest BCUT2D eigenvalue weighted by Gasteiger charge is -2.25. The van der Waals surface area contributed by atoms with E-state index >= 15 is 0 Å². The molecular weight excluding hydrogens is 442 g/mol. The number of fused-ring (bicyclic) bond motifs is 3. The monoisotopic (exact) mass is 469 g/mol. The van der Waals surface area contributed by atoms with Gasteiger partial charge in [0.2, 0.25) is 11.8 Å².